The van der Waals surface area contributed by atoms with Crippen LogP contribution in [0.15, 0.2) is 29.1 Å². The monoisotopic (exact) mass is 287 g/mol. The molecule has 0 fully saturated rings. The summed E-state index contributed by atoms with van der Waals surface area (Å²) in [7, 11) is 0. The molecule has 1 atom stereocenters. The summed E-state index contributed by atoms with van der Waals surface area (Å²) in [6, 6.07) is 7.20. The van der Waals surface area contributed by atoms with Gasteiger partial charge in [-0.15, -0.1) is 0 Å². The van der Waals surface area contributed by atoms with Crippen molar-refractivity contribution in [1.29, 1.82) is 0 Å². The molecule has 0 spiro atoms. The summed E-state index contributed by atoms with van der Waals surface area (Å²) >= 11 is 0. The Morgan fingerprint density at radius 3 is 2.57 bits per heavy atom. The van der Waals surface area contributed by atoms with E-state index < -0.39 is 0 Å². The maximum absolute atomic E-state index is 12.4. The van der Waals surface area contributed by atoms with Crippen LogP contribution >= 0.6 is 0 Å². The first kappa shape index (κ1) is 15.2. The Labute approximate surface area is 124 Å². The van der Waals surface area contributed by atoms with Crippen LogP contribution in [0.25, 0.3) is 10.8 Å². The van der Waals surface area contributed by atoms with Gasteiger partial charge in [0, 0.05) is 18.0 Å². The number of nitrogens with one attached hydrogen (secondary N) is 1. The van der Waals surface area contributed by atoms with Gasteiger partial charge in [-0.3, -0.25) is 9.59 Å². The summed E-state index contributed by atoms with van der Waals surface area (Å²) in [6.45, 7) is 6.44. The fourth-order valence-electron chi connectivity index (χ4n) is 2.16. The van der Waals surface area contributed by atoms with E-state index in [1.54, 1.807) is 18.2 Å². The van der Waals surface area contributed by atoms with E-state index in [0.717, 1.165) is 12.8 Å². The van der Waals surface area contributed by atoms with Gasteiger partial charge in [0.05, 0.1) is 5.39 Å². The number of carbonyl (C=O) groups is 1. The molecule has 0 radical (unpaired) electrons. The van der Waals surface area contributed by atoms with Crippen molar-refractivity contribution in [3.63, 3.8) is 0 Å². The smallest absolute Gasteiger partial charge is 0.274 e. The molecule has 0 bridgehead atoms. The van der Waals surface area contributed by atoms with Gasteiger partial charge >= 0.3 is 0 Å². The molecule has 5 nitrogen and oxygen atoms in total. The lowest BCUT2D eigenvalue weighted by atomic mass is 10.1. The predicted octanol–water partition coefficient (Wildman–Crippen LogP) is 2.33. The Kier molecular flexibility index (Phi) is 4.73. The average Bonchev–Trinajstić information content (AvgIpc) is 2.50. The van der Waals surface area contributed by atoms with Crippen molar-refractivity contribution < 1.29 is 4.79 Å². The van der Waals surface area contributed by atoms with Gasteiger partial charge in [0.2, 0.25) is 0 Å². The highest BCUT2D eigenvalue weighted by atomic mass is 16.2. The third-order valence-corrected chi connectivity index (χ3v) is 3.51. The molecule has 1 aromatic heterocycles. The Morgan fingerprint density at radius 2 is 1.95 bits per heavy atom. The number of hydrogen-bond donors (Lipinski definition) is 1. The first-order valence-corrected chi connectivity index (χ1v) is 7.39. The summed E-state index contributed by atoms with van der Waals surface area (Å²) in [5.74, 6) is -0.231. The molecule has 2 aromatic rings. The lowest BCUT2D eigenvalue weighted by molar-refractivity contribution is 0.0933. The Balaban J connectivity index is 2.59. The highest BCUT2D eigenvalue weighted by Gasteiger charge is 2.17. The van der Waals surface area contributed by atoms with Crippen LogP contribution in [0.2, 0.25) is 0 Å². The van der Waals surface area contributed by atoms with Crippen molar-refractivity contribution in [2.45, 2.75) is 46.2 Å². The summed E-state index contributed by atoms with van der Waals surface area (Å²) in [5.41, 5.74) is 0.173. The van der Waals surface area contributed by atoms with Gasteiger partial charge in [-0.2, -0.15) is 5.10 Å². The maximum atomic E-state index is 12.4. The molecule has 1 heterocycles. The zero-order chi connectivity index (χ0) is 15.4. The second-order valence-electron chi connectivity index (χ2n) is 5.21. The van der Waals surface area contributed by atoms with Crippen LogP contribution in [0.5, 0.6) is 0 Å². The van der Waals surface area contributed by atoms with E-state index in [9.17, 15) is 9.59 Å². The van der Waals surface area contributed by atoms with E-state index in [1.165, 1.54) is 4.68 Å². The fourth-order valence-corrected chi connectivity index (χ4v) is 2.16. The molecule has 2 rings (SSSR count). The summed E-state index contributed by atoms with van der Waals surface area (Å²) in [5, 5.41) is 8.32. The van der Waals surface area contributed by atoms with E-state index in [0.29, 0.717) is 23.0 Å². The molecule has 5 heteroatoms. The molecule has 1 amide bonds. The third kappa shape index (κ3) is 3.12. The third-order valence-electron chi connectivity index (χ3n) is 3.51. The van der Waals surface area contributed by atoms with Crippen molar-refractivity contribution in [3.8, 4) is 0 Å². The molecule has 0 aliphatic carbocycles. The highest BCUT2D eigenvalue weighted by molar-refractivity contribution is 6.04. The molecule has 1 N–H and O–H groups in total. The normalized spacial score (nSPS) is 12.3. The largest absolute Gasteiger partial charge is 0.348 e. The molecule has 21 heavy (non-hydrogen) atoms. The number of nitrogens with zero attached hydrogens (tertiary/aromatic N) is 2. The molecular weight excluding hydrogens is 266 g/mol. The Morgan fingerprint density at radius 1 is 1.29 bits per heavy atom. The lowest BCUT2D eigenvalue weighted by Crippen LogP contribution is -2.35. The Bertz CT molecular complexity index is 706. The van der Waals surface area contributed by atoms with Crippen molar-refractivity contribution in [1.82, 2.24) is 15.1 Å². The molecule has 0 aliphatic heterocycles. The minimum absolute atomic E-state index is 0.0737. The van der Waals surface area contributed by atoms with E-state index in [1.807, 2.05) is 26.8 Å². The van der Waals surface area contributed by atoms with E-state index >= 15 is 0 Å². The molecular formula is C16H21N3O2. The van der Waals surface area contributed by atoms with Gasteiger partial charge in [0.15, 0.2) is 5.69 Å². The molecule has 112 valence electrons. The first-order valence-electron chi connectivity index (χ1n) is 7.39. The van der Waals surface area contributed by atoms with E-state index in [4.69, 9.17) is 0 Å². The van der Waals surface area contributed by atoms with Crippen molar-refractivity contribution >= 4 is 16.7 Å². The van der Waals surface area contributed by atoms with E-state index in [-0.39, 0.29) is 17.5 Å². The summed E-state index contributed by atoms with van der Waals surface area (Å²) in [4.78, 5) is 24.7. The van der Waals surface area contributed by atoms with Crippen LogP contribution in [0.1, 0.15) is 44.1 Å². The SMILES string of the molecule is CCCn1nc(C(=O)N[C@H](C)CC)c2ccccc2c1=O. The van der Waals surface area contributed by atoms with Crippen LogP contribution in [-0.4, -0.2) is 21.7 Å². The van der Waals surface area contributed by atoms with Gasteiger partial charge in [0.25, 0.3) is 11.5 Å². The number of aryl methyl sites for hydroxylation is 1. The topological polar surface area (TPSA) is 64.0 Å². The summed E-state index contributed by atoms with van der Waals surface area (Å²) in [6.07, 6.45) is 1.63. The van der Waals surface area contributed by atoms with Crippen LogP contribution in [0.3, 0.4) is 0 Å². The maximum Gasteiger partial charge on any atom is 0.274 e. The van der Waals surface area contributed by atoms with Crippen molar-refractivity contribution in [2.75, 3.05) is 0 Å². The predicted molar refractivity (Wildman–Crippen MR) is 83.5 cm³/mol. The first-order chi connectivity index (χ1) is 10.1. The second-order valence-corrected chi connectivity index (χ2v) is 5.21. The zero-order valence-corrected chi connectivity index (χ0v) is 12.7. The quantitative estimate of drug-likeness (QED) is 0.918. The number of rotatable bonds is 5. The van der Waals surface area contributed by atoms with Crippen molar-refractivity contribution in [3.05, 3.63) is 40.3 Å². The van der Waals surface area contributed by atoms with Gasteiger partial charge in [-0.25, -0.2) is 4.68 Å². The Hall–Kier alpha value is -2.17. The van der Waals surface area contributed by atoms with E-state index in [2.05, 4.69) is 10.4 Å². The van der Waals surface area contributed by atoms with Crippen molar-refractivity contribution in [2.24, 2.45) is 0 Å². The lowest BCUT2D eigenvalue weighted by Gasteiger charge is -2.13. The number of hydrogen-bond acceptors (Lipinski definition) is 3. The number of fused-ring (bicyclic) bond motifs is 1. The standard InChI is InChI=1S/C16H21N3O2/c1-4-10-19-16(21)13-9-7-6-8-12(13)14(18-19)15(20)17-11(3)5-2/h6-9,11H,4-5,10H2,1-3H3,(H,17,20)/t11-/m1/s1. The number of amides is 1. The molecule has 0 saturated heterocycles. The molecule has 1 aromatic carbocycles. The van der Waals surface area contributed by atoms with Gasteiger partial charge in [-0.05, 0) is 25.8 Å². The van der Waals surface area contributed by atoms with Gasteiger partial charge in [0.1, 0.15) is 0 Å². The minimum Gasteiger partial charge on any atom is -0.348 e. The zero-order valence-electron chi connectivity index (χ0n) is 12.7. The number of aromatic nitrogens is 2. The van der Waals surface area contributed by atoms with Crippen LogP contribution in [0, 0.1) is 0 Å². The molecule has 0 aliphatic rings. The average molecular weight is 287 g/mol. The fraction of sp³-hybridized carbons (Fsp3) is 0.438. The minimum atomic E-state index is -0.231. The molecule has 0 unspecified atom stereocenters. The highest BCUT2D eigenvalue weighted by Crippen LogP contribution is 2.13. The number of carbonyl (C=O) groups excluding carboxylic acids is 1. The summed E-state index contributed by atoms with van der Waals surface area (Å²) < 4.78 is 1.38. The number of benzene rings is 1. The van der Waals surface area contributed by atoms with Crippen LogP contribution in [-0.2, 0) is 6.54 Å². The van der Waals surface area contributed by atoms with Crippen LogP contribution < -0.4 is 10.9 Å². The van der Waals surface area contributed by atoms with Gasteiger partial charge in [-0.1, -0.05) is 32.0 Å². The van der Waals surface area contributed by atoms with Crippen LogP contribution in [0.4, 0.5) is 0 Å². The van der Waals surface area contributed by atoms with Gasteiger partial charge < -0.3 is 5.32 Å². The second kappa shape index (κ2) is 6.52. The molecule has 0 saturated carbocycles.